The fourth-order valence-corrected chi connectivity index (χ4v) is 4.56. The molecule has 1 aliphatic rings. The number of hydrogen-bond acceptors (Lipinski definition) is 4. The van der Waals surface area contributed by atoms with Crippen molar-refractivity contribution in [1.82, 2.24) is 9.97 Å². The number of para-hydroxylation sites is 1. The van der Waals surface area contributed by atoms with Crippen LogP contribution in [0.5, 0.6) is 0 Å². The van der Waals surface area contributed by atoms with Gasteiger partial charge in [0.05, 0.1) is 11.4 Å². The summed E-state index contributed by atoms with van der Waals surface area (Å²) in [5, 5.41) is 0. The molecule has 3 aromatic carbocycles. The van der Waals surface area contributed by atoms with Crippen LogP contribution in [0.15, 0.2) is 72.9 Å². The van der Waals surface area contributed by atoms with Gasteiger partial charge in [0.2, 0.25) is 5.91 Å². The number of aryl methyl sites for hydroxylation is 2. The number of fused-ring (bicyclic) bond motifs is 3. The van der Waals surface area contributed by atoms with Crippen molar-refractivity contribution in [2.24, 2.45) is 5.73 Å². The van der Waals surface area contributed by atoms with Crippen molar-refractivity contribution < 1.29 is 9.59 Å². The van der Waals surface area contributed by atoms with E-state index in [0.717, 1.165) is 39.2 Å². The van der Waals surface area contributed by atoms with Gasteiger partial charge < -0.3 is 10.6 Å². The van der Waals surface area contributed by atoms with Crippen LogP contribution in [-0.4, -0.2) is 28.3 Å². The van der Waals surface area contributed by atoms with E-state index in [1.807, 2.05) is 85.6 Å². The molecule has 4 aromatic rings. The van der Waals surface area contributed by atoms with Crippen molar-refractivity contribution in [2.75, 3.05) is 11.4 Å². The highest BCUT2D eigenvalue weighted by atomic mass is 16.2. The molecule has 0 fully saturated rings. The van der Waals surface area contributed by atoms with Crippen LogP contribution in [0.2, 0.25) is 0 Å². The number of nitrogens with zero attached hydrogens (tertiary/aromatic N) is 3. The van der Waals surface area contributed by atoms with Crippen molar-refractivity contribution in [3.8, 4) is 22.4 Å². The first-order valence-corrected chi connectivity index (χ1v) is 11.2. The predicted octanol–water partition coefficient (Wildman–Crippen LogP) is 4.73. The molecule has 34 heavy (non-hydrogen) atoms. The fraction of sp³-hybridized carbons (Fsp3) is 0.143. The molecular formula is C28H24N4O2. The molecule has 2 amide bonds. The number of hydrogen-bond donors (Lipinski definition) is 1. The lowest BCUT2D eigenvalue weighted by molar-refractivity contribution is 0.0983. The Bertz CT molecular complexity index is 1440. The molecule has 0 bridgehead atoms. The Balaban J connectivity index is 1.60. The number of nitrogens with two attached hydrogens (primary N) is 1. The highest BCUT2D eigenvalue weighted by Crippen LogP contribution is 2.36. The van der Waals surface area contributed by atoms with Gasteiger partial charge in [-0.25, -0.2) is 9.97 Å². The monoisotopic (exact) mass is 448 g/mol. The predicted molar refractivity (Wildman–Crippen MR) is 133 cm³/mol. The van der Waals surface area contributed by atoms with E-state index in [1.54, 1.807) is 6.07 Å². The third-order valence-electron chi connectivity index (χ3n) is 6.25. The van der Waals surface area contributed by atoms with Crippen molar-refractivity contribution in [3.63, 3.8) is 0 Å². The van der Waals surface area contributed by atoms with E-state index in [-0.39, 0.29) is 5.91 Å². The second-order valence-electron chi connectivity index (χ2n) is 8.45. The number of aromatic nitrogens is 2. The molecule has 0 atom stereocenters. The Morgan fingerprint density at radius 3 is 2.41 bits per heavy atom. The number of amides is 2. The van der Waals surface area contributed by atoms with Gasteiger partial charge in [-0.3, -0.25) is 9.59 Å². The van der Waals surface area contributed by atoms with E-state index in [4.69, 9.17) is 10.7 Å². The van der Waals surface area contributed by atoms with Gasteiger partial charge in [0, 0.05) is 29.4 Å². The van der Waals surface area contributed by atoms with Crippen LogP contribution >= 0.6 is 0 Å². The second kappa shape index (κ2) is 8.56. The average Bonchev–Trinajstić information content (AvgIpc) is 3.00. The van der Waals surface area contributed by atoms with Crippen LogP contribution in [0, 0.1) is 13.8 Å². The zero-order chi connectivity index (χ0) is 23.8. The molecule has 0 saturated heterocycles. The maximum Gasteiger partial charge on any atom is 0.258 e. The van der Waals surface area contributed by atoms with Gasteiger partial charge in [-0.2, -0.15) is 0 Å². The average molecular weight is 449 g/mol. The maximum atomic E-state index is 14.0. The summed E-state index contributed by atoms with van der Waals surface area (Å²) in [5.41, 5.74) is 12.6. The lowest BCUT2D eigenvalue weighted by Crippen LogP contribution is -2.32. The van der Waals surface area contributed by atoms with Crippen molar-refractivity contribution in [1.29, 1.82) is 0 Å². The first-order chi connectivity index (χ1) is 16.4. The first kappa shape index (κ1) is 21.5. The smallest absolute Gasteiger partial charge is 0.258 e. The largest absolute Gasteiger partial charge is 0.366 e. The summed E-state index contributed by atoms with van der Waals surface area (Å²) in [6.45, 7) is 4.24. The van der Waals surface area contributed by atoms with Crippen LogP contribution in [0.4, 0.5) is 5.69 Å². The summed E-state index contributed by atoms with van der Waals surface area (Å²) in [6.07, 6.45) is 2.52. The minimum atomic E-state index is -0.465. The summed E-state index contributed by atoms with van der Waals surface area (Å²) < 4.78 is 0. The Morgan fingerprint density at radius 1 is 0.912 bits per heavy atom. The molecule has 0 radical (unpaired) electrons. The number of rotatable bonds is 3. The second-order valence-corrected chi connectivity index (χ2v) is 8.45. The van der Waals surface area contributed by atoms with Gasteiger partial charge in [0.15, 0.2) is 0 Å². The Kier molecular flexibility index (Phi) is 5.42. The zero-order valence-corrected chi connectivity index (χ0v) is 19.1. The molecule has 1 aliphatic heterocycles. The number of carbonyl (C=O) groups excluding carboxylic acids is 2. The minimum absolute atomic E-state index is 0.0860. The van der Waals surface area contributed by atoms with Crippen molar-refractivity contribution >= 4 is 17.5 Å². The summed E-state index contributed by atoms with van der Waals surface area (Å²) in [7, 11) is 0. The molecular weight excluding hydrogens is 424 g/mol. The van der Waals surface area contributed by atoms with Gasteiger partial charge in [0.25, 0.3) is 5.91 Å². The minimum Gasteiger partial charge on any atom is -0.366 e. The van der Waals surface area contributed by atoms with Crippen LogP contribution in [0.3, 0.4) is 0 Å². The number of primary amides is 1. The van der Waals surface area contributed by atoms with E-state index in [2.05, 4.69) is 4.98 Å². The topological polar surface area (TPSA) is 89.2 Å². The Hall–Kier alpha value is -4.32. The van der Waals surface area contributed by atoms with Gasteiger partial charge in [-0.15, -0.1) is 0 Å². The van der Waals surface area contributed by atoms with E-state index in [9.17, 15) is 9.59 Å². The van der Waals surface area contributed by atoms with Crippen LogP contribution in [-0.2, 0) is 6.42 Å². The van der Waals surface area contributed by atoms with Crippen molar-refractivity contribution in [2.45, 2.75) is 20.3 Å². The highest BCUT2D eigenvalue weighted by Gasteiger charge is 2.27. The molecule has 2 N–H and O–H groups in total. The third kappa shape index (κ3) is 3.73. The fourth-order valence-electron chi connectivity index (χ4n) is 4.56. The Labute approximate surface area is 198 Å². The molecule has 2 heterocycles. The first-order valence-electron chi connectivity index (χ1n) is 11.2. The Morgan fingerprint density at radius 2 is 1.65 bits per heavy atom. The molecule has 1 aromatic heterocycles. The molecule has 0 saturated carbocycles. The van der Waals surface area contributed by atoms with E-state index < -0.39 is 5.91 Å². The number of carbonyl (C=O) groups is 2. The van der Waals surface area contributed by atoms with Crippen LogP contribution in [0.25, 0.3) is 22.4 Å². The summed E-state index contributed by atoms with van der Waals surface area (Å²) in [6, 6.07) is 20.9. The lowest BCUT2D eigenvalue weighted by atomic mass is 9.95. The molecule has 6 nitrogen and oxygen atoms in total. The molecule has 0 aliphatic carbocycles. The van der Waals surface area contributed by atoms with Crippen LogP contribution < -0.4 is 10.6 Å². The quantitative estimate of drug-likeness (QED) is 0.491. The molecule has 5 rings (SSSR count). The molecule has 0 unspecified atom stereocenters. The number of anilines is 1. The molecule has 6 heteroatoms. The summed E-state index contributed by atoms with van der Waals surface area (Å²) in [4.78, 5) is 36.6. The number of benzene rings is 3. The summed E-state index contributed by atoms with van der Waals surface area (Å²) >= 11 is 0. The standard InChI is InChI=1S/C28H24N4O2/c1-17-15-19(11-12-21(17)27(29)33)22-7-3-4-8-23(22)28(34)32-14-13-20-16-30-18(2)31-26(20)24-9-5-6-10-25(24)32/h3-12,15-16H,13-14H2,1-2H3,(H2,29,33). The lowest BCUT2D eigenvalue weighted by Gasteiger charge is -2.24. The maximum absolute atomic E-state index is 14.0. The molecule has 168 valence electrons. The molecule has 0 spiro atoms. The van der Waals surface area contributed by atoms with Gasteiger partial charge in [-0.05, 0) is 60.7 Å². The van der Waals surface area contributed by atoms with E-state index in [0.29, 0.717) is 29.9 Å². The zero-order valence-electron chi connectivity index (χ0n) is 19.1. The van der Waals surface area contributed by atoms with Gasteiger partial charge >= 0.3 is 0 Å². The van der Waals surface area contributed by atoms with E-state index >= 15 is 0 Å². The normalized spacial score (nSPS) is 12.5. The van der Waals surface area contributed by atoms with E-state index in [1.165, 1.54) is 0 Å². The highest BCUT2D eigenvalue weighted by molar-refractivity contribution is 6.12. The summed E-state index contributed by atoms with van der Waals surface area (Å²) in [5.74, 6) is 0.151. The van der Waals surface area contributed by atoms with Crippen LogP contribution in [0.1, 0.15) is 37.7 Å². The SMILES string of the molecule is Cc1ncc2c(n1)-c1ccccc1N(C(=O)c1ccccc1-c1ccc(C(N)=O)c(C)c1)CC2. The van der Waals surface area contributed by atoms with Crippen molar-refractivity contribution in [3.05, 3.63) is 101 Å². The van der Waals surface area contributed by atoms with Gasteiger partial charge in [0.1, 0.15) is 5.82 Å². The van der Waals surface area contributed by atoms with Gasteiger partial charge in [-0.1, -0.05) is 48.5 Å². The third-order valence-corrected chi connectivity index (χ3v) is 6.25.